The molecule has 2 aromatic rings. The first-order valence-corrected chi connectivity index (χ1v) is 7.16. The molecule has 0 unspecified atom stereocenters. The van der Waals surface area contributed by atoms with Crippen LogP contribution in [0.4, 0.5) is 5.69 Å². The summed E-state index contributed by atoms with van der Waals surface area (Å²) >= 11 is 0. The fourth-order valence-corrected chi connectivity index (χ4v) is 2.78. The fraction of sp³-hybridized carbons (Fsp3) is 0.294. The molecule has 0 saturated heterocycles. The molecule has 1 aliphatic rings. The van der Waals surface area contributed by atoms with Crippen LogP contribution in [0.25, 0.3) is 0 Å². The maximum absolute atomic E-state index is 10.8. The molecule has 0 saturated carbocycles. The molecule has 4 nitrogen and oxygen atoms in total. The van der Waals surface area contributed by atoms with Crippen LogP contribution in [0.1, 0.15) is 36.1 Å². The van der Waals surface area contributed by atoms with Gasteiger partial charge in [0.15, 0.2) is 0 Å². The smallest absolute Gasteiger partial charge is 0.269 e. The van der Waals surface area contributed by atoms with E-state index in [1.165, 1.54) is 23.6 Å². The summed E-state index contributed by atoms with van der Waals surface area (Å²) in [7, 11) is 0. The van der Waals surface area contributed by atoms with Crippen molar-refractivity contribution in [2.45, 2.75) is 32.3 Å². The molecule has 108 valence electrons. The summed E-state index contributed by atoms with van der Waals surface area (Å²) < 4.78 is 5.94. The van der Waals surface area contributed by atoms with Gasteiger partial charge in [-0.3, -0.25) is 10.1 Å². The molecular formula is C17H17NO3. The molecule has 4 heteroatoms. The Morgan fingerprint density at radius 1 is 1.14 bits per heavy atom. The van der Waals surface area contributed by atoms with Crippen molar-refractivity contribution in [3.05, 3.63) is 69.3 Å². The van der Waals surface area contributed by atoms with Crippen molar-refractivity contribution in [1.82, 2.24) is 0 Å². The van der Waals surface area contributed by atoms with Gasteiger partial charge >= 0.3 is 0 Å². The number of non-ortho nitro benzene ring substituents is 1. The molecule has 0 fully saturated rings. The van der Waals surface area contributed by atoms with Crippen molar-refractivity contribution in [2.24, 2.45) is 0 Å². The molecule has 2 aromatic carbocycles. The van der Waals surface area contributed by atoms with Gasteiger partial charge in [-0.2, -0.15) is 0 Å². The summed E-state index contributed by atoms with van der Waals surface area (Å²) in [5.41, 5.74) is 3.67. The molecule has 0 spiro atoms. The van der Waals surface area contributed by atoms with E-state index in [0.717, 1.165) is 24.2 Å². The number of nitrogens with zero attached hydrogens (tertiary/aromatic N) is 1. The van der Waals surface area contributed by atoms with Crippen LogP contribution in [0.3, 0.4) is 0 Å². The number of nitro benzene ring substituents is 1. The maximum atomic E-state index is 10.8. The van der Waals surface area contributed by atoms with Gasteiger partial charge in [-0.05, 0) is 55.0 Å². The third-order valence-corrected chi connectivity index (χ3v) is 3.93. The Balaban J connectivity index is 1.78. The van der Waals surface area contributed by atoms with Gasteiger partial charge in [0.2, 0.25) is 0 Å². The van der Waals surface area contributed by atoms with E-state index in [1.807, 2.05) is 19.1 Å². The number of hydrogen-bond acceptors (Lipinski definition) is 3. The van der Waals surface area contributed by atoms with Gasteiger partial charge in [-0.25, -0.2) is 0 Å². The van der Waals surface area contributed by atoms with Crippen molar-refractivity contribution >= 4 is 5.69 Å². The highest BCUT2D eigenvalue weighted by atomic mass is 16.6. The number of benzene rings is 2. The van der Waals surface area contributed by atoms with E-state index in [0.29, 0.717) is 0 Å². The topological polar surface area (TPSA) is 52.4 Å². The number of fused-ring (bicyclic) bond motifs is 1. The van der Waals surface area contributed by atoms with Crippen LogP contribution >= 0.6 is 0 Å². The summed E-state index contributed by atoms with van der Waals surface area (Å²) in [4.78, 5) is 10.4. The van der Waals surface area contributed by atoms with Crippen LogP contribution in [0.5, 0.6) is 5.75 Å². The number of hydrogen-bond donors (Lipinski definition) is 0. The summed E-state index contributed by atoms with van der Waals surface area (Å²) in [5, 5.41) is 10.8. The second-order valence-electron chi connectivity index (χ2n) is 5.40. The van der Waals surface area contributed by atoms with Crippen LogP contribution in [-0.4, -0.2) is 4.92 Å². The van der Waals surface area contributed by atoms with Gasteiger partial charge in [0.05, 0.1) is 4.92 Å². The first-order chi connectivity index (χ1) is 10.1. The summed E-state index contributed by atoms with van der Waals surface area (Å²) in [6.45, 7) is 1.91. The molecule has 0 bridgehead atoms. The van der Waals surface area contributed by atoms with Crippen molar-refractivity contribution < 1.29 is 9.66 Å². The quantitative estimate of drug-likeness (QED) is 0.623. The second kappa shape index (κ2) is 5.56. The Labute approximate surface area is 123 Å². The molecule has 21 heavy (non-hydrogen) atoms. The normalized spacial score (nSPS) is 14.5. The number of rotatable bonds is 4. The Morgan fingerprint density at radius 2 is 1.95 bits per heavy atom. The number of nitro groups is 1. The molecule has 1 aliphatic carbocycles. The minimum absolute atomic E-state index is 0.0944. The minimum Gasteiger partial charge on any atom is -0.486 e. The SMILES string of the molecule is C[C@H](Oc1ccc2c(c1)CCC2)c1cccc([N+](=O)[O-])c1. The Morgan fingerprint density at radius 3 is 2.76 bits per heavy atom. The fourth-order valence-electron chi connectivity index (χ4n) is 2.78. The molecule has 3 rings (SSSR count). The largest absolute Gasteiger partial charge is 0.486 e. The highest BCUT2D eigenvalue weighted by molar-refractivity contribution is 5.39. The number of aryl methyl sites for hydroxylation is 2. The van der Waals surface area contributed by atoms with Crippen molar-refractivity contribution in [3.8, 4) is 5.75 Å². The van der Waals surface area contributed by atoms with E-state index in [1.54, 1.807) is 12.1 Å². The summed E-state index contributed by atoms with van der Waals surface area (Å²) in [5.74, 6) is 0.828. The van der Waals surface area contributed by atoms with Crippen LogP contribution in [0, 0.1) is 10.1 Å². The van der Waals surface area contributed by atoms with Gasteiger partial charge in [0.1, 0.15) is 11.9 Å². The Kier molecular flexibility index (Phi) is 3.60. The lowest BCUT2D eigenvalue weighted by Crippen LogP contribution is -2.04. The van der Waals surface area contributed by atoms with E-state index < -0.39 is 0 Å². The van der Waals surface area contributed by atoms with Gasteiger partial charge in [0.25, 0.3) is 5.69 Å². The van der Waals surface area contributed by atoms with E-state index in [9.17, 15) is 10.1 Å². The second-order valence-corrected chi connectivity index (χ2v) is 5.40. The average Bonchev–Trinajstić information content (AvgIpc) is 2.95. The predicted octanol–water partition coefficient (Wildman–Crippen LogP) is 4.22. The van der Waals surface area contributed by atoms with E-state index in [2.05, 4.69) is 12.1 Å². The first kappa shape index (κ1) is 13.6. The first-order valence-electron chi connectivity index (χ1n) is 7.16. The van der Waals surface area contributed by atoms with E-state index >= 15 is 0 Å². The zero-order valence-electron chi connectivity index (χ0n) is 11.9. The molecule has 0 aromatic heterocycles. The molecule has 0 radical (unpaired) electrons. The zero-order valence-corrected chi connectivity index (χ0v) is 11.9. The third-order valence-electron chi connectivity index (χ3n) is 3.93. The Bertz CT molecular complexity index is 681. The lowest BCUT2D eigenvalue weighted by atomic mass is 10.1. The van der Waals surface area contributed by atoms with Crippen molar-refractivity contribution in [1.29, 1.82) is 0 Å². The lowest BCUT2D eigenvalue weighted by Gasteiger charge is -2.15. The molecule has 0 N–H and O–H groups in total. The van der Waals surface area contributed by atoms with Gasteiger partial charge in [-0.15, -0.1) is 0 Å². The third kappa shape index (κ3) is 2.89. The predicted molar refractivity (Wildman–Crippen MR) is 80.6 cm³/mol. The lowest BCUT2D eigenvalue weighted by molar-refractivity contribution is -0.385. The molecule has 0 aliphatic heterocycles. The van der Waals surface area contributed by atoms with Crippen molar-refractivity contribution in [2.75, 3.05) is 0 Å². The molecule has 0 heterocycles. The zero-order chi connectivity index (χ0) is 14.8. The van der Waals surface area contributed by atoms with Gasteiger partial charge in [-0.1, -0.05) is 18.2 Å². The van der Waals surface area contributed by atoms with Gasteiger partial charge < -0.3 is 4.74 Å². The molecule has 1 atom stereocenters. The van der Waals surface area contributed by atoms with Crippen LogP contribution in [0.15, 0.2) is 42.5 Å². The number of ether oxygens (including phenoxy) is 1. The summed E-state index contributed by atoms with van der Waals surface area (Å²) in [6.07, 6.45) is 3.25. The molecular weight excluding hydrogens is 266 g/mol. The molecule has 0 amide bonds. The minimum atomic E-state index is -0.383. The van der Waals surface area contributed by atoms with E-state index in [4.69, 9.17) is 4.74 Å². The van der Waals surface area contributed by atoms with E-state index in [-0.39, 0.29) is 16.7 Å². The monoisotopic (exact) mass is 283 g/mol. The standard InChI is InChI=1S/C17H17NO3/c1-12(14-5-3-7-16(10-14)18(19)20)21-17-9-8-13-4-2-6-15(13)11-17/h3,5,7-12H,2,4,6H2,1H3/t12-/m0/s1. The highest BCUT2D eigenvalue weighted by Gasteiger charge is 2.15. The maximum Gasteiger partial charge on any atom is 0.269 e. The van der Waals surface area contributed by atoms with Gasteiger partial charge in [0, 0.05) is 12.1 Å². The summed E-state index contributed by atoms with van der Waals surface area (Å²) in [6, 6.07) is 12.8. The highest BCUT2D eigenvalue weighted by Crippen LogP contribution is 2.29. The van der Waals surface area contributed by atoms with Crippen LogP contribution in [0.2, 0.25) is 0 Å². The van der Waals surface area contributed by atoms with Crippen molar-refractivity contribution in [3.63, 3.8) is 0 Å². The van der Waals surface area contributed by atoms with Crippen LogP contribution < -0.4 is 4.74 Å². The Hall–Kier alpha value is -2.36. The average molecular weight is 283 g/mol. The van der Waals surface area contributed by atoms with Crippen LogP contribution in [-0.2, 0) is 12.8 Å².